The second-order valence-corrected chi connectivity index (χ2v) is 5.96. The molecule has 0 spiro atoms. The van der Waals surface area contributed by atoms with Gasteiger partial charge >= 0.3 is 0 Å². The van der Waals surface area contributed by atoms with E-state index in [-0.39, 0.29) is 5.88 Å². The van der Waals surface area contributed by atoms with Crippen molar-refractivity contribution in [3.63, 3.8) is 0 Å². The van der Waals surface area contributed by atoms with Crippen molar-refractivity contribution >= 4 is 5.65 Å². The topological polar surface area (TPSA) is 50.4 Å². The van der Waals surface area contributed by atoms with E-state index in [4.69, 9.17) is 0 Å². The Labute approximate surface area is 140 Å². The first-order chi connectivity index (χ1) is 11.7. The molecule has 0 saturated heterocycles. The Hall–Kier alpha value is -3.14. The molecule has 4 nitrogen and oxygen atoms in total. The lowest BCUT2D eigenvalue weighted by Crippen LogP contribution is -1.91. The lowest BCUT2D eigenvalue weighted by molar-refractivity contribution is 0.435. The molecule has 4 heteroatoms. The lowest BCUT2D eigenvalue weighted by Gasteiger charge is -2.05. The van der Waals surface area contributed by atoms with E-state index in [1.54, 1.807) is 12.4 Å². The number of hydrogen-bond donors (Lipinski definition) is 1. The van der Waals surface area contributed by atoms with E-state index in [1.807, 2.05) is 0 Å². The molecule has 2 heterocycles. The fourth-order valence-electron chi connectivity index (χ4n) is 2.94. The van der Waals surface area contributed by atoms with E-state index in [9.17, 15) is 5.11 Å². The highest BCUT2D eigenvalue weighted by Gasteiger charge is 2.10. The molecule has 0 aliphatic heterocycles. The summed E-state index contributed by atoms with van der Waals surface area (Å²) in [6.07, 6.45) is 4.23. The molecule has 2 aromatic heterocycles. The van der Waals surface area contributed by atoms with Gasteiger partial charge in [0.25, 0.3) is 0 Å². The van der Waals surface area contributed by atoms with Crippen LogP contribution in [0.3, 0.4) is 0 Å². The molecule has 0 atom stereocenters. The average molecular weight is 315 g/mol. The van der Waals surface area contributed by atoms with Crippen LogP contribution in [0.1, 0.15) is 16.7 Å². The van der Waals surface area contributed by atoms with E-state index in [0.29, 0.717) is 5.65 Å². The van der Waals surface area contributed by atoms with Crippen molar-refractivity contribution in [3.8, 4) is 17.0 Å². The van der Waals surface area contributed by atoms with Crippen LogP contribution in [0.2, 0.25) is 0 Å². The maximum Gasteiger partial charge on any atom is 0.215 e. The molecule has 2 aromatic carbocycles. The first-order valence-electron chi connectivity index (χ1n) is 7.87. The van der Waals surface area contributed by atoms with Crippen LogP contribution in [0.4, 0.5) is 0 Å². The highest BCUT2D eigenvalue weighted by molar-refractivity contribution is 5.77. The summed E-state index contributed by atoms with van der Waals surface area (Å²) in [6, 6.07) is 18.5. The van der Waals surface area contributed by atoms with Gasteiger partial charge in [-0.3, -0.25) is 0 Å². The lowest BCUT2D eigenvalue weighted by atomic mass is 10.0. The Kier molecular flexibility index (Phi) is 3.50. The molecule has 0 aliphatic carbocycles. The summed E-state index contributed by atoms with van der Waals surface area (Å²) in [6.45, 7) is 2.11. The third kappa shape index (κ3) is 2.63. The van der Waals surface area contributed by atoms with Crippen molar-refractivity contribution in [1.82, 2.24) is 14.6 Å². The minimum atomic E-state index is 0.0855. The van der Waals surface area contributed by atoms with Gasteiger partial charge in [0.2, 0.25) is 5.88 Å². The number of aromatic hydroxyl groups is 1. The Bertz CT molecular complexity index is 1000. The van der Waals surface area contributed by atoms with Gasteiger partial charge in [0.15, 0.2) is 5.65 Å². The zero-order chi connectivity index (χ0) is 16.5. The number of aromatic nitrogens is 3. The fraction of sp³-hybridized carbons (Fsp3) is 0.100. The van der Waals surface area contributed by atoms with E-state index in [2.05, 4.69) is 65.5 Å². The van der Waals surface area contributed by atoms with Gasteiger partial charge in [-0.1, -0.05) is 54.1 Å². The van der Waals surface area contributed by atoms with E-state index < -0.39 is 0 Å². The monoisotopic (exact) mass is 315 g/mol. The number of nitrogens with zero attached hydrogens (tertiary/aromatic N) is 3. The standard InChI is InChI=1S/C20H17N3O/c1-14-3-2-4-16(11-14)12-15-5-7-17(8-6-15)18-13-22-23-19(24)9-10-21-20(18)23/h2-11,13,24H,12H2,1H3. The number of fused-ring (bicyclic) bond motifs is 1. The summed E-state index contributed by atoms with van der Waals surface area (Å²) in [4.78, 5) is 4.32. The fourth-order valence-corrected chi connectivity index (χ4v) is 2.94. The Morgan fingerprint density at radius 2 is 1.83 bits per heavy atom. The van der Waals surface area contributed by atoms with Crippen molar-refractivity contribution in [2.75, 3.05) is 0 Å². The summed E-state index contributed by atoms with van der Waals surface area (Å²) < 4.78 is 1.44. The number of aryl methyl sites for hydroxylation is 1. The molecule has 0 unspecified atom stereocenters. The number of rotatable bonds is 3. The summed E-state index contributed by atoms with van der Waals surface area (Å²) >= 11 is 0. The van der Waals surface area contributed by atoms with Gasteiger partial charge < -0.3 is 5.11 Å². The summed E-state index contributed by atoms with van der Waals surface area (Å²) in [7, 11) is 0. The molecule has 0 saturated carbocycles. The molecule has 1 N–H and O–H groups in total. The number of benzene rings is 2. The van der Waals surface area contributed by atoms with Crippen LogP contribution in [-0.4, -0.2) is 19.7 Å². The van der Waals surface area contributed by atoms with Crippen LogP contribution in [-0.2, 0) is 6.42 Å². The Morgan fingerprint density at radius 3 is 2.62 bits per heavy atom. The highest BCUT2D eigenvalue weighted by atomic mass is 16.3. The van der Waals surface area contributed by atoms with Gasteiger partial charge in [0.1, 0.15) is 0 Å². The van der Waals surface area contributed by atoms with Crippen LogP contribution in [0, 0.1) is 6.92 Å². The molecule has 118 valence electrons. The van der Waals surface area contributed by atoms with Crippen molar-refractivity contribution in [1.29, 1.82) is 0 Å². The molecular weight excluding hydrogens is 298 g/mol. The quantitative estimate of drug-likeness (QED) is 0.621. The predicted molar refractivity (Wildman–Crippen MR) is 94.1 cm³/mol. The van der Waals surface area contributed by atoms with Gasteiger partial charge in [-0.25, -0.2) is 4.98 Å². The summed E-state index contributed by atoms with van der Waals surface area (Å²) in [5.74, 6) is 0.0855. The smallest absolute Gasteiger partial charge is 0.215 e. The van der Waals surface area contributed by atoms with E-state index in [0.717, 1.165) is 17.5 Å². The zero-order valence-corrected chi connectivity index (χ0v) is 13.3. The van der Waals surface area contributed by atoms with Gasteiger partial charge in [-0.2, -0.15) is 9.61 Å². The van der Waals surface area contributed by atoms with Gasteiger partial charge in [0.05, 0.1) is 6.20 Å². The number of hydrogen-bond acceptors (Lipinski definition) is 3. The van der Waals surface area contributed by atoms with Crippen LogP contribution >= 0.6 is 0 Å². The van der Waals surface area contributed by atoms with Crippen LogP contribution < -0.4 is 0 Å². The van der Waals surface area contributed by atoms with Crippen molar-refractivity contribution < 1.29 is 5.11 Å². The Balaban J connectivity index is 1.65. The minimum absolute atomic E-state index is 0.0855. The molecule has 0 amide bonds. The van der Waals surface area contributed by atoms with Crippen LogP contribution in [0.25, 0.3) is 16.8 Å². The first-order valence-corrected chi connectivity index (χ1v) is 7.87. The van der Waals surface area contributed by atoms with E-state index in [1.165, 1.54) is 27.3 Å². The zero-order valence-electron chi connectivity index (χ0n) is 13.3. The summed E-state index contributed by atoms with van der Waals surface area (Å²) in [5.41, 5.74) is 6.45. The maximum absolute atomic E-state index is 9.82. The van der Waals surface area contributed by atoms with Crippen molar-refractivity contribution in [2.24, 2.45) is 0 Å². The van der Waals surface area contributed by atoms with E-state index >= 15 is 0 Å². The molecule has 4 aromatic rings. The largest absolute Gasteiger partial charge is 0.493 e. The van der Waals surface area contributed by atoms with Gasteiger partial charge in [-0.05, 0) is 30.0 Å². The predicted octanol–water partition coefficient (Wildman–Crippen LogP) is 4.00. The van der Waals surface area contributed by atoms with Crippen LogP contribution in [0.5, 0.6) is 5.88 Å². The molecule has 4 rings (SSSR count). The van der Waals surface area contributed by atoms with Gasteiger partial charge in [-0.15, -0.1) is 0 Å². The molecule has 0 aliphatic rings. The molecule has 24 heavy (non-hydrogen) atoms. The van der Waals surface area contributed by atoms with Crippen LogP contribution in [0.15, 0.2) is 67.0 Å². The second-order valence-electron chi connectivity index (χ2n) is 5.96. The summed E-state index contributed by atoms with van der Waals surface area (Å²) in [5, 5.41) is 14.0. The maximum atomic E-state index is 9.82. The highest BCUT2D eigenvalue weighted by Crippen LogP contribution is 2.26. The Morgan fingerprint density at radius 1 is 1.00 bits per heavy atom. The first kappa shape index (κ1) is 14.5. The third-order valence-electron chi connectivity index (χ3n) is 4.14. The van der Waals surface area contributed by atoms with Gasteiger partial charge in [0, 0.05) is 17.8 Å². The third-order valence-corrected chi connectivity index (χ3v) is 4.14. The average Bonchev–Trinajstić information content (AvgIpc) is 3.01. The molecule has 0 fully saturated rings. The molecular formula is C20H17N3O. The minimum Gasteiger partial charge on any atom is -0.493 e. The normalized spacial score (nSPS) is 11.0. The van der Waals surface area contributed by atoms with Crippen molar-refractivity contribution in [2.45, 2.75) is 13.3 Å². The van der Waals surface area contributed by atoms with Crippen molar-refractivity contribution in [3.05, 3.63) is 83.7 Å². The second kappa shape index (κ2) is 5.81. The molecule has 0 radical (unpaired) electrons. The SMILES string of the molecule is Cc1cccc(Cc2ccc(-c3cnn4c(O)ccnc34)cc2)c1. The molecule has 0 bridgehead atoms.